The molecule has 0 saturated heterocycles. The summed E-state index contributed by atoms with van der Waals surface area (Å²) in [7, 11) is 1.77. The highest BCUT2D eigenvalue weighted by molar-refractivity contribution is 5.93. The van der Waals surface area contributed by atoms with E-state index in [-0.39, 0.29) is 5.91 Å². The lowest BCUT2D eigenvalue weighted by Gasteiger charge is -2.06. The summed E-state index contributed by atoms with van der Waals surface area (Å²) in [6.45, 7) is 0.374. The van der Waals surface area contributed by atoms with Gasteiger partial charge in [0.15, 0.2) is 0 Å². The second kappa shape index (κ2) is 5.27. The van der Waals surface area contributed by atoms with Crippen LogP contribution in [0, 0.1) is 11.3 Å². The van der Waals surface area contributed by atoms with Gasteiger partial charge in [0, 0.05) is 19.8 Å². The highest BCUT2D eigenvalue weighted by Crippen LogP contribution is 2.09. The molecule has 0 aliphatic carbocycles. The van der Waals surface area contributed by atoms with Gasteiger partial charge >= 0.3 is 0 Å². The second-order valence-corrected chi connectivity index (χ2v) is 4.26. The monoisotopic (exact) mass is 254 g/mol. The number of hydrogen-bond acceptors (Lipinski definition) is 3. The molecule has 1 amide bonds. The fraction of sp³-hybridized carbons (Fsp3) is 0.143. The topological polar surface area (TPSA) is 83.8 Å². The van der Waals surface area contributed by atoms with Crippen molar-refractivity contribution >= 4 is 11.6 Å². The number of anilines is 1. The molecule has 0 unspecified atom stereocenters. The minimum atomic E-state index is -0.193. The van der Waals surface area contributed by atoms with Crippen molar-refractivity contribution < 1.29 is 4.79 Å². The number of nitriles is 1. The van der Waals surface area contributed by atoms with Crippen molar-refractivity contribution in [2.75, 3.05) is 5.73 Å². The summed E-state index contributed by atoms with van der Waals surface area (Å²) < 4.78 is 1.68. The van der Waals surface area contributed by atoms with Crippen molar-refractivity contribution in [1.29, 1.82) is 5.26 Å². The summed E-state index contributed by atoms with van der Waals surface area (Å²) in [5.74, 6) is -0.193. The van der Waals surface area contributed by atoms with Gasteiger partial charge in [-0.3, -0.25) is 4.79 Å². The van der Waals surface area contributed by atoms with E-state index in [1.54, 1.807) is 42.1 Å². The van der Waals surface area contributed by atoms with E-state index in [1.807, 2.05) is 6.07 Å². The summed E-state index contributed by atoms with van der Waals surface area (Å²) >= 11 is 0. The molecule has 1 heterocycles. The summed E-state index contributed by atoms with van der Waals surface area (Å²) in [5.41, 5.74) is 8.15. The maximum absolute atomic E-state index is 12.0. The van der Waals surface area contributed by atoms with Gasteiger partial charge in [-0.15, -0.1) is 0 Å². The molecule has 19 heavy (non-hydrogen) atoms. The lowest BCUT2D eigenvalue weighted by atomic mass is 10.1. The van der Waals surface area contributed by atoms with Crippen LogP contribution in [0.3, 0.4) is 0 Å². The van der Waals surface area contributed by atoms with E-state index in [0.29, 0.717) is 23.5 Å². The molecule has 1 aromatic carbocycles. The van der Waals surface area contributed by atoms with E-state index in [2.05, 4.69) is 11.4 Å². The quantitative estimate of drug-likeness (QED) is 0.868. The number of nitrogens with two attached hydrogens (primary N) is 1. The first-order valence-electron chi connectivity index (χ1n) is 5.79. The maximum atomic E-state index is 12.0. The molecule has 0 fully saturated rings. The molecule has 0 atom stereocenters. The van der Waals surface area contributed by atoms with Crippen LogP contribution < -0.4 is 11.1 Å². The molecule has 5 nitrogen and oxygen atoms in total. The lowest BCUT2D eigenvalue weighted by Crippen LogP contribution is -2.24. The largest absolute Gasteiger partial charge is 0.397 e. The van der Waals surface area contributed by atoms with Crippen LogP contribution in [0.15, 0.2) is 36.5 Å². The fourth-order valence-electron chi connectivity index (χ4n) is 1.84. The Morgan fingerprint density at radius 2 is 2.26 bits per heavy atom. The predicted octanol–water partition coefficient (Wildman–Crippen LogP) is 1.41. The van der Waals surface area contributed by atoms with Crippen LogP contribution in [-0.4, -0.2) is 10.5 Å². The molecule has 0 aliphatic rings. The van der Waals surface area contributed by atoms with Crippen LogP contribution in [0.4, 0.5) is 5.69 Å². The standard InChI is InChI=1S/C14H14N4O/c1-18-9-12(16)6-13(18)14(19)17-8-11-4-2-3-10(5-11)7-15/h2-6,9H,8,16H2,1H3,(H,17,19). The minimum Gasteiger partial charge on any atom is -0.397 e. The van der Waals surface area contributed by atoms with Crippen LogP contribution in [-0.2, 0) is 13.6 Å². The Balaban J connectivity index is 2.04. The molecular weight excluding hydrogens is 240 g/mol. The summed E-state index contributed by atoms with van der Waals surface area (Å²) in [6.07, 6.45) is 1.69. The number of carbonyl (C=O) groups is 1. The average molecular weight is 254 g/mol. The zero-order valence-corrected chi connectivity index (χ0v) is 10.6. The van der Waals surface area contributed by atoms with Crippen molar-refractivity contribution in [3.8, 4) is 6.07 Å². The normalized spacial score (nSPS) is 9.89. The summed E-state index contributed by atoms with van der Waals surface area (Å²) in [5, 5.41) is 11.6. The van der Waals surface area contributed by atoms with E-state index in [4.69, 9.17) is 11.0 Å². The highest BCUT2D eigenvalue weighted by Gasteiger charge is 2.10. The molecule has 3 N–H and O–H groups in total. The van der Waals surface area contributed by atoms with E-state index < -0.39 is 0 Å². The molecule has 0 radical (unpaired) electrons. The number of carbonyl (C=O) groups excluding carboxylic acids is 1. The average Bonchev–Trinajstić information content (AvgIpc) is 2.75. The third-order valence-corrected chi connectivity index (χ3v) is 2.77. The first-order chi connectivity index (χ1) is 9.10. The summed E-state index contributed by atoms with van der Waals surface area (Å²) in [4.78, 5) is 12.0. The van der Waals surface area contributed by atoms with E-state index in [9.17, 15) is 4.79 Å². The Morgan fingerprint density at radius 3 is 2.89 bits per heavy atom. The van der Waals surface area contributed by atoms with Gasteiger partial charge in [-0.25, -0.2) is 0 Å². The number of benzene rings is 1. The Hall–Kier alpha value is -2.74. The minimum absolute atomic E-state index is 0.193. The molecule has 0 aliphatic heterocycles. The zero-order chi connectivity index (χ0) is 13.8. The second-order valence-electron chi connectivity index (χ2n) is 4.26. The molecule has 0 bridgehead atoms. The smallest absolute Gasteiger partial charge is 0.268 e. The Kier molecular flexibility index (Phi) is 3.53. The molecule has 2 rings (SSSR count). The Labute approximate surface area is 111 Å². The van der Waals surface area contributed by atoms with Crippen molar-refractivity contribution in [3.05, 3.63) is 53.3 Å². The third-order valence-electron chi connectivity index (χ3n) is 2.77. The Morgan fingerprint density at radius 1 is 1.47 bits per heavy atom. The molecular formula is C14H14N4O. The van der Waals surface area contributed by atoms with Crippen molar-refractivity contribution in [3.63, 3.8) is 0 Å². The number of nitrogens with one attached hydrogen (secondary N) is 1. The fourth-order valence-corrected chi connectivity index (χ4v) is 1.84. The van der Waals surface area contributed by atoms with E-state index in [1.165, 1.54) is 0 Å². The van der Waals surface area contributed by atoms with Crippen LogP contribution in [0.25, 0.3) is 0 Å². The number of hydrogen-bond donors (Lipinski definition) is 2. The van der Waals surface area contributed by atoms with Gasteiger partial charge in [0.25, 0.3) is 5.91 Å². The molecule has 0 saturated carbocycles. The Bertz CT molecular complexity index is 652. The van der Waals surface area contributed by atoms with E-state index in [0.717, 1.165) is 5.56 Å². The van der Waals surface area contributed by atoms with Crippen LogP contribution in [0.1, 0.15) is 21.6 Å². The van der Waals surface area contributed by atoms with Gasteiger partial charge in [-0.05, 0) is 23.8 Å². The SMILES string of the molecule is Cn1cc(N)cc1C(=O)NCc1cccc(C#N)c1. The number of rotatable bonds is 3. The number of amides is 1. The molecule has 1 aromatic heterocycles. The molecule has 5 heteroatoms. The van der Waals surface area contributed by atoms with E-state index >= 15 is 0 Å². The summed E-state index contributed by atoms with van der Waals surface area (Å²) in [6, 6.07) is 10.8. The van der Waals surface area contributed by atoms with Crippen LogP contribution >= 0.6 is 0 Å². The molecule has 96 valence electrons. The van der Waals surface area contributed by atoms with Gasteiger partial charge in [0.05, 0.1) is 17.3 Å². The predicted molar refractivity (Wildman–Crippen MR) is 72.2 cm³/mol. The lowest BCUT2D eigenvalue weighted by molar-refractivity contribution is 0.0943. The van der Waals surface area contributed by atoms with Gasteiger partial charge in [0.2, 0.25) is 0 Å². The van der Waals surface area contributed by atoms with Crippen LogP contribution in [0.5, 0.6) is 0 Å². The number of nitrogens with zero attached hydrogens (tertiary/aromatic N) is 2. The van der Waals surface area contributed by atoms with Crippen LogP contribution in [0.2, 0.25) is 0 Å². The molecule has 0 spiro atoms. The first-order valence-corrected chi connectivity index (χ1v) is 5.79. The van der Waals surface area contributed by atoms with Gasteiger partial charge in [-0.2, -0.15) is 5.26 Å². The third kappa shape index (κ3) is 2.93. The van der Waals surface area contributed by atoms with Gasteiger partial charge in [0.1, 0.15) is 5.69 Å². The van der Waals surface area contributed by atoms with Crippen molar-refractivity contribution in [2.45, 2.75) is 6.54 Å². The number of nitrogen functional groups attached to an aromatic ring is 1. The zero-order valence-electron chi connectivity index (χ0n) is 10.6. The highest BCUT2D eigenvalue weighted by atomic mass is 16.1. The molecule has 2 aromatic rings. The maximum Gasteiger partial charge on any atom is 0.268 e. The van der Waals surface area contributed by atoms with Gasteiger partial charge < -0.3 is 15.6 Å². The van der Waals surface area contributed by atoms with Crippen molar-refractivity contribution in [1.82, 2.24) is 9.88 Å². The number of aromatic nitrogens is 1. The number of aryl methyl sites for hydroxylation is 1. The first kappa shape index (κ1) is 12.7. The van der Waals surface area contributed by atoms with Gasteiger partial charge in [-0.1, -0.05) is 12.1 Å². The van der Waals surface area contributed by atoms with Crippen molar-refractivity contribution in [2.24, 2.45) is 7.05 Å².